The lowest BCUT2D eigenvalue weighted by Gasteiger charge is -2.33. The Morgan fingerprint density at radius 3 is 2.40 bits per heavy atom. The fourth-order valence-electron chi connectivity index (χ4n) is 4.86. The van der Waals surface area contributed by atoms with Crippen molar-refractivity contribution in [3.05, 3.63) is 99.5 Å². The van der Waals surface area contributed by atoms with Crippen LogP contribution < -0.4 is 16.0 Å². The molecular weight excluding hydrogens is 595 g/mol. The summed E-state index contributed by atoms with van der Waals surface area (Å²) in [7, 11) is 0. The second-order valence-electron chi connectivity index (χ2n) is 10.7. The number of benzene rings is 3. The quantitative estimate of drug-likeness (QED) is 0.254. The van der Waals surface area contributed by atoms with E-state index in [1.807, 2.05) is 75.4 Å². The average Bonchev–Trinajstić information content (AvgIpc) is 3.28. The number of amides is 4. The van der Waals surface area contributed by atoms with Gasteiger partial charge in [0.25, 0.3) is 5.91 Å². The largest absolute Gasteiger partial charge is 0.381 e. The predicted molar refractivity (Wildman–Crippen MR) is 169 cm³/mol. The van der Waals surface area contributed by atoms with Crippen LogP contribution in [-0.2, 0) is 22.6 Å². The van der Waals surface area contributed by atoms with Crippen LogP contribution in [0.4, 0.5) is 10.5 Å². The van der Waals surface area contributed by atoms with E-state index < -0.39 is 34.9 Å². The van der Waals surface area contributed by atoms with E-state index in [-0.39, 0.29) is 23.2 Å². The number of nitrogens with one attached hydrogen (secondary N) is 3. The Bertz CT molecular complexity index is 1440. The van der Waals surface area contributed by atoms with Crippen molar-refractivity contribution in [2.75, 3.05) is 11.2 Å². The van der Waals surface area contributed by atoms with Gasteiger partial charge in [-0.3, -0.25) is 9.59 Å². The van der Waals surface area contributed by atoms with Crippen LogP contribution >= 0.6 is 35.0 Å². The van der Waals surface area contributed by atoms with E-state index in [0.717, 1.165) is 16.7 Å². The standard InChI is InChI=1S/C31H34Cl2N4O4S/c1-19-9-7-8-12-21(19)17-34-28(39)27-31(2,3)42-18-37(27)29(40)26(38)25(15-20-10-5-4-6-11-20)36-30(41)35-22-13-14-23(32)24(33)16-22/h4-14,16,25-27,38H,15,17-18H2,1-3H3,(H,34,39)(H2,35,36,41)/t25-,26-,27+/m0/s1. The number of carbonyl (C=O) groups excluding carboxylic acids is 3. The van der Waals surface area contributed by atoms with Crippen LogP contribution in [0.15, 0.2) is 72.8 Å². The van der Waals surface area contributed by atoms with E-state index >= 15 is 0 Å². The van der Waals surface area contributed by atoms with E-state index in [4.69, 9.17) is 23.2 Å². The van der Waals surface area contributed by atoms with Crippen LogP contribution in [0, 0.1) is 6.92 Å². The van der Waals surface area contributed by atoms with Crippen molar-refractivity contribution in [1.29, 1.82) is 0 Å². The highest BCUT2D eigenvalue weighted by Gasteiger charge is 2.49. The Labute approximate surface area is 260 Å². The third-order valence-electron chi connectivity index (χ3n) is 7.22. The van der Waals surface area contributed by atoms with Crippen molar-refractivity contribution in [3.8, 4) is 0 Å². The summed E-state index contributed by atoms with van der Waals surface area (Å²) < 4.78 is -0.598. The molecule has 0 bridgehead atoms. The molecule has 4 N–H and O–H groups in total. The van der Waals surface area contributed by atoms with Gasteiger partial charge in [-0.1, -0.05) is 77.8 Å². The zero-order valence-electron chi connectivity index (χ0n) is 23.6. The molecule has 1 fully saturated rings. The Morgan fingerprint density at radius 1 is 1.02 bits per heavy atom. The minimum Gasteiger partial charge on any atom is -0.381 e. The van der Waals surface area contributed by atoms with Gasteiger partial charge < -0.3 is 26.0 Å². The lowest BCUT2D eigenvalue weighted by atomic mass is 9.97. The Morgan fingerprint density at radius 2 is 1.71 bits per heavy atom. The van der Waals surface area contributed by atoms with Crippen molar-refractivity contribution in [1.82, 2.24) is 15.5 Å². The van der Waals surface area contributed by atoms with Crippen LogP contribution in [-0.4, -0.2) is 56.7 Å². The van der Waals surface area contributed by atoms with Crippen LogP contribution in [0.5, 0.6) is 0 Å². The van der Waals surface area contributed by atoms with Crippen molar-refractivity contribution in [3.63, 3.8) is 0 Å². The second-order valence-corrected chi connectivity index (χ2v) is 13.1. The third kappa shape index (κ3) is 7.77. The number of hydrogen-bond acceptors (Lipinski definition) is 5. The van der Waals surface area contributed by atoms with Gasteiger partial charge in [0.2, 0.25) is 5.91 Å². The van der Waals surface area contributed by atoms with Crippen LogP contribution in [0.1, 0.15) is 30.5 Å². The van der Waals surface area contributed by atoms with E-state index in [0.29, 0.717) is 17.3 Å². The summed E-state index contributed by atoms with van der Waals surface area (Å²) in [6.07, 6.45) is -1.44. The number of rotatable bonds is 9. The molecule has 0 aliphatic carbocycles. The highest BCUT2D eigenvalue weighted by Crippen LogP contribution is 2.40. The number of nitrogens with zero attached hydrogens (tertiary/aromatic N) is 1. The molecule has 1 aliphatic rings. The topological polar surface area (TPSA) is 111 Å². The average molecular weight is 630 g/mol. The van der Waals surface area contributed by atoms with Gasteiger partial charge in [-0.15, -0.1) is 11.8 Å². The zero-order chi connectivity index (χ0) is 30.4. The fraction of sp³-hybridized carbons (Fsp3) is 0.323. The van der Waals surface area contributed by atoms with E-state index in [1.165, 1.54) is 22.7 Å². The number of halogens is 2. The number of carbonyl (C=O) groups is 3. The number of aliphatic hydroxyl groups is 1. The predicted octanol–water partition coefficient (Wildman–Crippen LogP) is 5.39. The van der Waals surface area contributed by atoms with E-state index in [1.54, 1.807) is 12.1 Å². The number of thioether (sulfide) groups is 1. The van der Waals surface area contributed by atoms with Crippen molar-refractivity contribution in [2.45, 2.75) is 56.7 Å². The lowest BCUT2D eigenvalue weighted by Crippen LogP contribution is -2.59. The lowest BCUT2D eigenvalue weighted by molar-refractivity contribution is -0.147. The Balaban J connectivity index is 1.51. The van der Waals surface area contributed by atoms with Crippen LogP contribution in [0.3, 0.4) is 0 Å². The Kier molecular flexibility index (Phi) is 10.4. The van der Waals surface area contributed by atoms with Gasteiger partial charge in [-0.25, -0.2) is 4.79 Å². The summed E-state index contributed by atoms with van der Waals surface area (Å²) in [6, 6.07) is 19.2. The maximum atomic E-state index is 13.8. The summed E-state index contributed by atoms with van der Waals surface area (Å²) in [5.74, 6) is -0.725. The fourth-order valence-corrected chi connectivity index (χ4v) is 6.30. The van der Waals surface area contributed by atoms with E-state index in [2.05, 4.69) is 16.0 Å². The van der Waals surface area contributed by atoms with Gasteiger partial charge in [0, 0.05) is 17.0 Å². The first-order chi connectivity index (χ1) is 20.0. The normalized spacial score (nSPS) is 17.3. The molecule has 3 aromatic rings. The molecule has 1 aliphatic heterocycles. The first-order valence-corrected chi connectivity index (χ1v) is 15.2. The summed E-state index contributed by atoms with van der Waals surface area (Å²) in [5.41, 5.74) is 3.24. The molecule has 0 spiro atoms. The highest BCUT2D eigenvalue weighted by atomic mass is 35.5. The van der Waals surface area contributed by atoms with Crippen molar-refractivity contribution < 1.29 is 19.5 Å². The number of urea groups is 1. The van der Waals surface area contributed by atoms with Crippen LogP contribution in [0.25, 0.3) is 0 Å². The molecular formula is C31H34Cl2N4O4S. The molecule has 3 atom stereocenters. The number of aryl methyl sites for hydroxylation is 1. The molecule has 11 heteroatoms. The molecule has 42 heavy (non-hydrogen) atoms. The molecule has 4 amide bonds. The van der Waals surface area contributed by atoms with Gasteiger partial charge in [0.15, 0.2) is 6.10 Å². The molecule has 1 heterocycles. The molecule has 222 valence electrons. The highest BCUT2D eigenvalue weighted by molar-refractivity contribution is 8.00. The smallest absolute Gasteiger partial charge is 0.319 e. The minimum absolute atomic E-state index is 0.178. The van der Waals surface area contributed by atoms with Gasteiger partial charge in [0.05, 0.1) is 22.0 Å². The van der Waals surface area contributed by atoms with Gasteiger partial charge in [-0.2, -0.15) is 0 Å². The zero-order valence-corrected chi connectivity index (χ0v) is 25.9. The first kappa shape index (κ1) is 31.7. The van der Waals surface area contributed by atoms with E-state index in [9.17, 15) is 19.5 Å². The van der Waals surface area contributed by atoms with Gasteiger partial charge in [0.1, 0.15) is 6.04 Å². The monoisotopic (exact) mass is 628 g/mol. The maximum absolute atomic E-state index is 13.8. The number of hydrogen-bond donors (Lipinski definition) is 4. The number of aliphatic hydroxyl groups excluding tert-OH is 1. The van der Waals surface area contributed by atoms with Gasteiger partial charge >= 0.3 is 6.03 Å². The molecule has 0 aromatic heterocycles. The molecule has 0 saturated carbocycles. The number of anilines is 1. The molecule has 0 unspecified atom stereocenters. The second kappa shape index (κ2) is 13.8. The Hall–Kier alpha value is -3.24. The molecule has 1 saturated heterocycles. The van der Waals surface area contributed by atoms with Gasteiger partial charge in [-0.05, 0) is 62.1 Å². The summed E-state index contributed by atoms with van der Waals surface area (Å²) in [4.78, 5) is 41.7. The SMILES string of the molecule is Cc1ccccc1CNC(=O)[C@H]1N(C(=O)[C@@H](O)[C@H](Cc2ccccc2)NC(=O)Nc2ccc(Cl)c(Cl)c2)CSC1(C)C. The maximum Gasteiger partial charge on any atom is 0.319 e. The molecule has 8 nitrogen and oxygen atoms in total. The van der Waals surface area contributed by atoms with Crippen LogP contribution in [0.2, 0.25) is 10.0 Å². The molecule has 0 radical (unpaired) electrons. The van der Waals surface area contributed by atoms with Crippen molar-refractivity contribution in [2.24, 2.45) is 0 Å². The minimum atomic E-state index is -1.62. The summed E-state index contributed by atoms with van der Waals surface area (Å²) in [6.45, 7) is 6.10. The third-order valence-corrected chi connectivity index (χ3v) is 9.33. The first-order valence-electron chi connectivity index (χ1n) is 13.5. The summed E-state index contributed by atoms with van der Waals surface area (Å²) in [5, 5.41) is 20.4. The van der Waals surface area contributed by atoms with Crippen molar-refractivity contribution >= 4 is 58.5 Å². The summed E-state index contributed by atoms with van der Waals surface area (Å²) >= 11 is 13.5. The molecule has 4 rings (SSSR count). The molecule has 3 aromatic carbocycles.